The van der Waals surface area contributed by atoms with Crippen molar-refractivity contribution in [1.82, 2.24) is 0 Å². The molecule has 0 N–H and O–H groups in total. The Morgan fingerprint density at radius 3 is 1.89 bits per heavy atom. The number of carbonyl (C=O) groups excluding carboxylic acids is 1. The number of rotatable bonds is 8. The predicted octanol–water partition coefficient (Wildman–Crippen LogP) is 5.14. The van der Waals surface area contributed by atoms with Gasteiger partial charge in [-0.1, -0.05) is 81.4 Å². The van der Waals surface area contributed by atoms with Gasteiger partial charge in [0.05, 0.1) is 31.5 Å². The fraction of sp³-hybridized carbons (Fsp3) is 0.367. The summed E-state index contributed by atoms with van der Waals surface area (Å²) < 4.78 is 24.2. The topological polar surface area (TPSA) is 57.3 Å². The van der Waals surface area contributed by atoms with Crippen LogP contribution in [0.15, 0.2) is 72.8 Å². The summed E-state index contributed by atoms with van der Waals surface area (Å²) in [5.41, 5.74) is 1.08. The molecular formula is C30H36O5Si. The fourth-order valence-corrected chi connectivity index (χ4v) is 9.41. The summed E-state index contributed by atoms with van der Waals surface area (Å²) in [5, 5.41) is 2.10. The zero-order chi connectivity index (χ0) is 26.1. The molecule has 5 nitrogen and oxygen atoms in total. The van der Waals surface area contributed by atoms with E-state index in [-0.39, 0.29) is 16.7 Å². The largest absolute Gasteiger partial charge is 0.531 e. The van der Waals surface area contributed by atoms with Crippen molar-refractivity contribution in [2.75, 3.05) is 14.2 Å². The quantitative estimate of drug-likeness (QED) is 0.242. The van der Waals surface area contributed by atoms with E-state index in [0.29, 0.717) is 23.5 Å². The Morgan fingerprint density at radius 1 is 0.944 bits per heavy atom. The van der Waals surface area contributed by atoms with Crippen molar-refractivity contribution < 1.29 is 23.4 Å². The van der Waals surface area contributed by atoms with Crippen molar-refractivity contribution in [2.45, 2.75) is 57.8 Å². The Balaban J connectivity index is 1.97. The first-order valence-electron chi connectivity index (χ1n) is 12.3. The van der Waals surface area contributed by atoms with Crippen LogP contribution in [-0.2, 0) is 15.9 Å². The van der Waals surface area contributed by atoms with Crippen LogP contribution in [-0.4, -0.2) is 40.2 Å². The van der Waals surface area contributed by atoms with Crippen LogP contribution in [0.3, 0.4) is 0 Å². The molecular weight excluding hydrogens is 468 g/mol. The van der Waals surface area contributed by atoms with E-state index >= 15 is 0 Å². The van der Waals surface area contributed by atoms with Gasteiger partial charge in [0.25, 0.3) is 0 Å². The lowest BCUT2D eigenvalue weighted by atomic mass is 9.99. The summed E-state index contributed by atoms with van der Waals surface area (Å²) in [6, 6.07) is 24.5. The van der Waals surface area contributed by atoms with Gasteiger partial charge in [0, 0.05) is 12.0 Å². The highest BCUT2D eigenvalue weighted by atomic mass is 28.4. The molecule has 3 aromatic carbocycles. The van der Waals surface area contributed by atoms with E-state index in [0.717, 1.165) is 15.9 Å². The maximum atomic E-state index is 12.5. The Morgan fingerprint density at radius 2 is 1.47 bits per heavy atom. The minimum Gasteiger partial charge on any atom is -0.531 e. The molecule has 0 unspecified atom stereocenters. The average molecular weight is 505 g/mol. The van der Waals surface area contributed by atoms with E-state index < -0.39 is 14.3 Å². The molecule has 1 aliphatic rings. The van der Waals surface area contributed by atoms with Gasteiger partial charge in [-0.3, -0.25) is 0 Å². The van der Waals surface area contributed by atoms with Crippen molar-refractivity contribution in [3.05, 3.63) is 83.9 Å². The summed E-state index contributed by atoms with van der Waals surface area (Å²) in [7, 11) is 0.0650. The maximum absolute atomic E-state index is 12.5. The second-order valence-electron chi connectivity index (χ2n) is 10.8. The first kappa shape index (κ1) is 26.0. The summed E-state index contributed by atoms with van der Waals surface area (Å²) in [6.07, 6.45) is 0.624. The standard InChI is InChI=1S/C30H36O5Si/c1-29(2,3)36(23-14-10-8-11-15-23,24-16-12-9-13-17-24)35-27-21(20-26-30(4,5)34-26)18-22(28(31)33-7)19-25(27)32-6/h8-19,26H,20H2,1-7H3/t26-/m1/s1. The highest BCUT2D eigenvalue weighted by Gasteiger charge is 2.53. The van der Waals surface area contributed by atoms with E-state index in [9.17, 15) is 4.79 Å². The molecule has 1 saturated heterocycles. The molecule has 0 spiro atoms. The minimum atomic E-state index is -2.93. The summed E-state index contributed by atoms with van der Waals surface area (Å²) in [6.45, 7) is 10.9. The van der Waals surface area contributed by atoms with E-state index in [1.165, 1.54) is 7.11 Å². The van der Waals surface area contributed by atoms with Crippen molar-refractivity contribution in [2.24, 2.45) is 0 Å². The van der Waals surface area contributed by atoms with E-state index in [4.69, 9.17) is 18.6 Å². The molecule has 0 aliphatic carbocycles. The lowest BCUT2D eigenvalue weighted by Crippen LogP contribution is -2.69. The number of ether oxygens (including phenoxy) is 3. The zero-order valence-corrected chi connectivity index (χ0v) is 23.3. The third-order valence-corrected chi connectivity index (χ3v) is 11.9. The summed E-state index contributed by atoms with van der Waals surface area (Å²) in [5.74, 6) is 0.757. The predicted molar refractivity (Wildman–Crippen MR) is 145 cm³/mol. The van der Waals surface area contributed by atoms with Gasteiger partial charge in [0.2, 0.25) is 0 Å². The van der Waals surface area contributed by atoms with Crippen LogP contribution in [0.5, 0.6) is 11.5 Å². The third-order valence-electron chi connectivity index (χ3n) is 7.01. The van der Waals surface area contributed by atoms with Crippen LogP contribution >= 0.6 is 0 Å². The van der Waals surface area contributed by atoms with Gasteiger partial charge in [0.1, 0.15) is 0 Å². The zero-order valence-electron chi connectivity index (χ0n) is 22.3. The number of esters is 1. The number of epoxide rings is 1. The molecule has 190 valence electrons. The molecule has 1 heterocycles. The fourth-order valence-electron chi connectivity index (χ4n) is 4.94. The summed E-state index contributed by atoms with van der Waals surface area (Å²) >= 11 is 0. The number of methoxy groups -OCH3 is 2. The highest BCUT2D eigenvalue weighted by molar-refractivity contribution is 7.00. The van der Waals surface area contributed by atoms with Crippen LogP contribution in [0.1, 0.15) is 50.5 Å². The first-order valence-corrected chi connectivity index (χ1v) is 14.2. The van der Waals surface area contributed by atoms with E-state index in [2.05, 4.69) is 83.1 Å². The normalized spacial score (nSPS) is 16.8. The molecule has 36 heavy (non-hydrogen) atoms. The minimum absolute atomic E-state index is 0.0246. The Labute approximate surface area is 215 Å². The SMILES string of the molecule is COC(=O)c1cc(C[C@H]2OC2(C)C)c(O[Si](c2ccccc2)(c2ccccc2)C(C)(C)C)c(OC)c1. The van der Waals surface area contributed by atoms with Gasteiger partial charge in [-0.15, -0.1) is 0 Å². The Bertz CT molecular complexity index is 1180. The van der Waals surface area contributed by atoms with Crippen molar-refractivity contribution in [1.29, 1.82) is 0 Å². The number of carbonyl (C=O) groups is 1. The number of hydrogen-bond donors (Lipinski definition) is 0. The van der Waals surface area contributed by atoms with Gasteiger partial charge in [-0.25, -0.2) is 4.79 Å². The lowest BCUT2D eigenvalue weighted by Gasteiger charge is -2.43. The molecule has 6 heteroatoms. The Kier molecular flexibility index (Phi) is 7.04. The molecule has 0 bridgehead atoms. The number of benzene rings is 3. The third kappa shape index (κ3) is 4.80. The first-order chi connectivity index (χ1) is 17.0. The molecule has 0 aromatic heterocycles. The summed E-state index contributed by atoms with van der Waals surface area (Å²) in [4.78, 5) is 12.5. The van der Waals surface area contributed by atoms with Crippen molar-refractivity contribution >= 4 is 24.7 Å². The molecule has 4 rings (SSSR count). The van der Waals surface area contributed by atoms with Gasteiger partial charge < -0.3 is 18.6 Å². The average Bonchev–Trinajstić information content (AvgIpc) is 3.47. The molecule has 3 aromatic rings. The monoisotopic (exact) mass is 504 g/mol. The van der Waals surface area contributed by atoms with Gasteiger partial charge in [-0.2, -0.15) is 0 Å². The highest BCUT2D eigenvalue weighted by Crippen LogP contribution is 2.45. The van der Waals surface area contributed by atoms with Crippen molar-refractivity contribution in [3.63, 3.8) is 0 Å². The van der Waals surface area contributed by atoms with E-state index in [1.807, 2.05) is 18.2 Å². The van der Waals surface area contributed by atoms with Gasteiger partial charge in [-0.05, 0) is 41.4 Å². The Hall–Kier alpha value is -3.09. The molecule has 1 fully saturated rings. The lowest BCUT2D eigenvalue weighted by molar-refractivity contribution is 0.0600. The van der Waals surface area contributed by atoms with Crippen LogP contribution in [0, 0.1) is 0 Å². The van der Waals surface area contributed by atoms with Gasteiger partial charge >= 0.3 is 14.3 Å². The maximum Gasteiger partial charge on any atom is 0.337 e. The second-order valence-corrected chi connectivity index (χ2v) is 15.1. The smallest absolute Gasteiger partial charge is 0.337 e. The van der Waals surface area contributed by atoms with Crippen LogP contribution in [0.25, 0.3) is 0 Å². The molecule has 1 aliphatic heterocycles. The van der Waals surface area contributed by atoms with Crippen LogP contribution in [0.2, 0.25) is 5.04 Å². The number of hydrogen-bond acceptors (Lipinski definition) is 5. The molecule has 1 atom stereocenters. The van der Waals surface area contributed by atoms with E-state index in [1.54, 1.807) is 13.2 Å². The van der Waals surface area contributed by atoms with Crippen LogP contribution in [0.4, 0.5) is 0 Å². The van der Waals surface area contributed by atoms with Crippen molar-refractivity contribution in [3.8, 4) is 11.5 Å². The molecule has 0 amide bonds. The second kappa shape index (κ2) is 9.75. The molecule has 0 radical (unpaired) electrons. The van der Waals surface area contributed by atoms with Crippen LogP contribution < -0.4 is 19.5 Å². The molecule has 0 saturated carbocycles. The van der Waals surface area contributed by atoms with Gasteiger partial charge in [0.15, 0.2) is 11.5 Å².